The van der Waals surface area contributed by atoms with Crippen molar-refractivity contribution in [3.63, 3.8) is 0 Å². The molecule has 1 aromatic carbocycles. The smallest absolute Gasteiger partial charge is 0.164 e. The summed E-state index contributed by atoms with van der Waals surface area (Å²) in [5.41, 5.74) is 0.594. The molecule has 0 saturated heterocycles. The maximum Gasteiger partial charge on any atom is 0.164 e. The Bertz CT molecular complexity index is 385. The van der Waals surface area contributed by atoms with Crippen molar-refractivity contribution in [3.8, 4) is 0 Å². The van der Waals surface area contributed by atoms with E-state index >= 15 is 0 Å². The van der Waals surface area contributed by atoms with Gasteiger partial charge in [0, 0.05) is 16.5 Å². The summed E-state index contributed by atoms with van der Waals surface area (Å²) in [7, 11) is 0. The minimum Gasteiger partial charge on any atom is -0.294 e. The number of hydrogen-bond acceptors (Lipinski definition) is 1. The van der Waals surface area contributed by atoms with Crippen molar-refractivity contribution >= 4 is 21.7 Å². The molecule has 0 aromatic heterocycles. The molecule has 0 spiro atoms. The maximum atomic E-state index is 12.8. The SMILES string of the molecule is O=C(CCC1CC1)c1ccc(F)cc1Br. The fourth-order valence-electron chi connectivity index (χ4n) is 1.59. The molecule has 1 aliphatic carbocycles. The zero-order chi connectivity index (χ0) is 10.8. The Morgan fingerprint density at radius 3 is 2.80 bits per heavy atom. The van der Waals surface area contributed by atoms with E-state index in [1.165, 1.54) is 25.0 Å². The van der Waals surface area contributed by atoms with Crippen molar-refractivity contribution in [1.82, 2.24) is 0 Å². The van der Waals surface area contributed by atoms with Gasteiger partial charge in [-0.25, -0.2) is 4.39 Å². The van der Waals surface area contributed by atoms with E-state index in [-0.39, 0.29) is 11.6 Å². The zero-order valence-corrected chi connectivity index (χ0v) is 9.89. The molecule has 15 heavy (non-hydrogen) atoms. The number of rotatable bonds is 4. The van der Waals surface area contributed by atoms with Gasteiger partial charge in [-0.05, 0) is 46.5 Å². The monoisotopic (exact) mass is 270 g/mol. The predicted octanol–water partition coefficient (Wildman–Crippen LogP) is 3.96. The average Bonchev–Trinajstić information content (AvgIpc) is 2.97. The van der Waals surface area contributed by atoms with E-state index in [9.17, 15) is 9.18 Å². The van der Waals surface area contributed by atoms with Crippen molar-refractivity contribution in [2.24, 2.45) is 5.92 Å². The lowest BCUT2D eigenvalue weighted by atomic mass is 10.1. The number of halogens is 2. The molecule has 1 aromatic rings. The highest BCUT2D eigenvalue weighted by atomic mass is 79.9. The first-order valence-electron chi connectivity index (χ1n) is 5.15. The molecule has 0 N–H and O–H groups in total. The molecule has 80 valence electrons. The van der Waals surface area contributed by atoms with E-state index in [2.05, 4.69) is 15.9 Å². The van der Waals surface area contributed by atoms with Gasteiger partial charge < -0.3 is 0 Å². The number of ketones is 1. The minimum absolute atomic E-state index is 0.105. The number of hydrogen-bond donors (Lipinski definition) is 0. The van der Waals surface area contributed by atoms with E-state index in [4.69, 9.17) is 0 Å². The third kappa shape index (κ3) is 2.88. The molecule has 0 heterocycles. The molecule has 1 nitrogen and oxygen atoms in total. The van der Waals surface area contributed by atoms with Crippen LogP contribution in [0.3, 0.4) is 0 Å². The average molecular weight is 271 g/mol. The van der Waals surface area contributed by atoms with Crippen LogP contribution in [0.5, 0.6) is 0 Å². The Morgan fingerprint density at radius 1 is 1.47 bits per heavy atom. The topological polar surface area (TPSA) is 17.1 Å². The van der Waals surface area contributed by atoms with Crippen molar-refractivity contribution in [3.05, 3.63) is 34.1 Å². The van der Waals surface area contributed by atoms with Crippen LogP contribution in [0.2, 0.25) is 0 Å². The molecular weight excluding hydrogens is 259 g/mol. The van der Waals surface area contributed by atoms with Gasteiger partial charge in [0.05, 0.1) is 0 Å². The van der Waals surface area contributed by atoms with Crippen LogP contribution in [0.15, 0.2) is 22.7 Å². The fraction of sp³-hybridized carbons (Fsp3) is 0.417. The van der Waals surface area contributed by atoms with Gasteiger partial charge in [-0.3, -0.25) is 4.79 Å². The molecule has 0 bridgehead atoms. The molecule has 0 aliphatic heterocycles. The van der Waals surface area contributed by atoms with E-state index in [0.717, 1.165) is 12.3 Å². The summed E-state index contributed by atoms with van der Waals surface area (Å²) in [5, 5.41) is 0. The third-order valence-corrected chi connectivity index (χ3v) is 3.36. The van der Waals surface area contributed by atoms with Crippen LogP contribution < -0.4 is 0 Å². The van der Waals surface area contributed by atoms with Gasteiger partial charge in [-0.15, -0.1) is 0 Å². The van der Waals surface area contributed by atoms with Gasteiger partial charge in [-0.1, -0.05) is 12.8 Å². The van der Waals surface area contributed by atoms with E-state index in [0.29, 0.717) is 16.5 Å². The summed E-state index contributed by atoms with van der Waals surface area (Å²) in [4.78, 5) is 11.8. The van der Waals surface area contributed by atoms with Crippen LogP contribution in [0.1, 0.15) is 36.0 Å². The van der Waals surface area contributed by atoms with Gasteiger partial charge >= 0.3 is 0 Å². The van der Waals surface area contributed by atoms with Crippen molar-refractivity contribution < 1.29 is 9.18 Å². The standard InChI is InChI=1S/C12H12BrFO/c13-11-7-9(14)4-5-10(11)12(15)6-3-8-1-2-8/h4-5,7-8H,1-3,6H2. The number of carbonyl (C=O) groups excluding carboxylic acids is 1. The van der Waals surface area contributed by atoms with E-state index < -0.39 is 0 Å². The second-order valence-corrected chi connectivity index (χ2v) is 4.88. The van der Waals surface area contributed by atoms with Crippen molar-refractivity contribution in [1.29, 1.82) is 0 Å². The van der Waals surface area contributed by atoms with Crippen LogP contribution in [0.4, 0.5) is 4.39 Å². The minimum atomic E-state index is -0.319. The Hall–Kier alpha value is -0.700. The molecule has 1 saturated carbocycles. The molecule has 0 amide bonds. The zero-order valence-electron chi connectivity index (χ0n) is 8.30. The Morgan fingerprint density at radius 2 is 2.20 bits per heavy atom. The summed E-state index contributed by atoms with van der Waals surface area (Å²) in [6.45, 7) is 0. The number of Topliss-reactive ketones (excluding diaryl/α,β-unsaturated/α-hetero) is 1. The van der Waals surface area contributed by atoms with Gasteiger partial charge in [0.1, 0.15) is 5.82 Å². The first kappa shape index (κ1) is 10.8. The second-order valence-electron chi connectivity index (χ2n) is 4.03. The summed E-state index contributed by atoms with van der Waals surface area (Å²) in [6.07, 6.45) is 4.08. The van der Waals surface area contributed by atoms with Crippen LogP contribution in [-0.2, 0) is 0 Å². The van der Waals surface area contributed by atoms with Gasteiger partial charge in [0.2, 0.25) is 0 Å². The van der Waals surface area contributed by atoms with Crippen molar-refractivity contribution in [2.75, 3.05) is 0 Å². The normalized spacial score (nSPS) is 15.3. The van der Waals surface area contributed by atoms with Crippen LogP contribution in [0, 0.1) is 11.7 Å². The Kier molecular flexibility index (Phi) is 3.19. The highest BCUT2D eigenvalue weighted by Crippen LogP contribution is 2.34. The van der Waals surface area contributed by atoms with Gasteiger partial charge in [-0.2, -0.15) is 0 Å². The number of benzene rings is 1. The van der Waals surface area contributed by atoms with Crippen LogP contribution in [0.25, 0.3) is 0 Å². The fourth-order valence-corrected chi connectivity index (χ4v) is 2.16. The predicted molar refractivity (Wildman–Crippen MR) is 60.4 cm³/mol. The van der Waals surface area contributed by atoms with Crippen LogP contribution in [-0.4, -0.2) is 5.78 Å². The molecule has 2 rings (SSSR count). The summed E-state index contributed by atoms with van der Waals surface area (Å²) in [5.74, 6) is 0.544. The quantitative estimate of drug-likeness (QED) is 0.757. The molecule has 0 unspecified atom stereocenters. The lowest BCUT2D eigenvalue weighted by Gasteiger charge is -2.03. The Labute approximate surface area is 96.8 Å². The first-order chi connectivity index (χ1) is 7.16. The van der Waals surface area contributed by atoms with Crippen molar-refractivity contribution in [2.45, 2.75) is 25.7 Å². The highest BCUT2D eigenvalue weighted by Gasteiger charge is 2.22. The molecule has 1 aliphatic rings. The lowest BCUT2D eigenvalue weighted by molar-refractivity contribution is 0.0977. The maximum absolute atomic E-state index is 12.8. The Balaban J connectivity index is 2.03. The molecular formula is C12H12BrFO. The summed E-state index contributed by atoms with van der Waals surface area (Å²) >= 11 is 3.21. The lowest BCUT2D eigenvalue weighted by Crippen LogP contribution is -2.00. The van der Waals surface area contributed by atoms with E-state index in [1.54, 1.807) is 6.07 Å². The molecule has 1 fully saturated rings. The largest absolute Gasteiger partial charge is 0.294 e. The number of carbonyl (C=O) groups is 1. The molecule has 3 heteroatoms. The van der Waals surface area contributed by atoms with E-state index in [1.807, 2.05) is 0 Å². The molecule has 0 atom stereocenters. The second kappa shape index (κ2) is 4.44. The van der Waals surface area contributed by atoms with Gasteiger partial charge in [0.15, 0.2) is 5.78 Å². The van der Waals surface area contributed by atoms with Gasteiger partial charge in [0.25, 0.3) is 0 Å². The van der Waals surface area contributed by atoms with Crippen LogP contribution >= 0.6 is 15.9 Å². The first-order valence-corrected chi connectivity index (χ1v) is 5.94. The third-order valence-electron chi connectivity index (χ3n) is 2.71. The molecule has 0 radical (unpaired) electrons. The summed E-state index contributed by atoms with van der Waals surface area (Å²) < 4.78 is 13.4. The summed E-state index contributed by atoms with van der Waals surface area (Å²) in [6, 6.07) is 4.22. The highest BCUT2D eigenvalue weighted by molar-refractivity contribution is 9.10.